The van der Waals surface area contributed by atoms with Crippen LogP contribution in [0.2, 0.25) is 0 Å². The molecule has 1 fully saturated rings. The lowest BCUT2D eigenvalue weighted by Gasteiger charge is -2.22. The van der Waals surface area contributed by atoms with E-state index in [-0.39, 0.29) is 6.09 Å². The largest absolute Gasteiger partial charge is 0.415 e. The molecule has 0 N–H and O–H groups in total. The van der Waals surface area contributed by atoms with E-state index in [0.717, 1.165) is 32.6 Å². The van der Waals surface area contributed by atoms with E-state index in [1.165, 1.54) is 16.7 Å². The number of amides is 1. The molecular weight excluding hydrogens is 312 g/mol. The molecule has 0 atom stereocenters. The molecule has 4 heteroatoms. The fourth-order valence-corrected chi connectivity index (χ4v) is 3.38. The second-order valence-corrected chi connectivity index (χ2v) is 6.79. The molecule has 0 unspecified atom stereocenters. The Morgan fingerprint density at radius 3 is 2.40 bits per heavy atom. The Bertz CT molecular complexity index is 695. The Balaban J connectivity index is 1.55. The van der Waals surface area contributed by atoms with Crippen LogP contribution >= 0.6 is 0 Å². The Morgan fingerprint density at radius 2 is 1.68 bits per heavy atom. The van der Waals surface area contributed by atoms with Crippen molar-refractivity contribution in [2.45, 2.75) is 26.8 Å². The molecule has 0 saturated carbocycles. The maximum absolute atomic E-state index is 12.4. The first kappa shape index (κ1) is 17.5. The molecule has 0 bridgehead atoms. The predicted molar refractivity (Wildman–Crippen MR) is 99.8 cm³/mol. The van der Waals surface area contributed by atoms with Gasteiger partial charge in [-0.2, -0.15) is 0 Å². The minimum absolute atomic E-state index is 0.251. The molecule has 2 aromatic rings. The topological polar surface area (TPSA) is 32.8 Å². The van der Waals surface area contributed by atoms with Crippen LogP contribution in [0, 0.1) is 13.8 Å². The van der Waals surface area contributed by atoms with Gasteiger partial charge in [0.15, 0.2) is 0 Å². The van der Waals surface area contributed by atoms with Gasteiger partial charge in [-0.3, -0.25) is 4.90 Å². The molecule has 0 aliphatic carbocycles. The number of carbonyl (C=O) groups excluding carboxylic acids is 1. The van der Waals surface area contributed by atoms with Crippen molar-refractivity contribution in [3.8, 4) is 5.75 Å². The molecule has 0 radical (unpaired) electrons. The number of hydrogen-bond donors (Lipinski definition) is 0. The number of rotatable bonds is 3. The Hall–Kier alpha value is -2.33. The molecule has 1 heterocycles. The summed E-state index contributed by atoms with van der Waals surface area (Å²) in [5.41, 5.74) is 3.95. The van der Waals surface area contributed by atoms with Crippen LogP contribution in [0.3, 0.4) is 0 Å². The highest BCUT2D eigenvalue weighted by molar-refractivity contribution is 5.70. The lowest BCUT2D eigenvalue weighted by atomic mass is 10.1. The fourth-order valence-electron chi connectivity index (χ4n) is 3.38. The van der Waals surface area contributed by atoms with Crippen LogP contribution < -0.4 is 4.74 Å². The van der Waals surface area contributed by atoms with Gasteiger partial charge in [0.05, 0.1) is 0 Å². The van der Waals surface area contributed by atoms with Gasteiger partial charge in [-0.15, -0.1) is 0 Å². The second kappa shape index (κ2) is 8.17. The first-order valence-electron chi connectivity index (χ1n) is 8.91. The summed E-state index contributed by atoms with van der Waals surface area (Å²) in [5.74, 6) is 0.601. The highest BCUT2D eigenvalue weighted by Gasteiger charge is 2.20. The van der Waals surface area contributed by atoms with Crippen LogP contribution in [-0.2, 0) is 6.54 Å². The third kappa shape index (κ3) is 5.07. The predicted octanol–water partition coefficient (Wildman–Crippen LogP) is 4.01. The lowest BCUT2D eigenvalue weighted by Crippen LogP contribution is -2.36. The van der Waals surface area contributed by atoms with Gasteiger partial charge in [0.25, 0.3) is 0 Å². The van der Waals surface area contributed by atoms with Gasteiger partial charge in [-0.25, -0.2) is 4.79 Å². The van der Waals surface area contributed by atoms with Crippen LogP contribution in [0.25, 0.3) is 0 Å². The Kier molecular flexibility index (Phi) is 5.71. The van der Waals surface area contributed by atoms with Crippen molar-refractivity contribution in [2.24, 2.45) is 0 Å². The number of carbonyl (C=O) groups is 1. The van der Waals surface area contributed by atoms with Gasteiger partial charge in [-0.1, -0.05) is 47.5 Å². The molecule has 1 saturated heterocycles. The first-order valence-corrected chi connectivity index (χ1v) is 8.91. The molecule has 3 rings (SSSR count). The highest BCUT2D eigenvalue weighted by atomic mass is 16.6. The van der Waals surface area contributed by atoms with Gasteiger partial charge in [0.1, 0.15) is 5.75 Å². The third-order valence-corrected chi connectivity index (χ3v) is 4.48. The van der Waals surface area contributed by atoms with E-state index in [2.05, 4.69) is 36.9 Å². The van der Waals surface area contributed by atoms with Crippen LogP contribution in [0.5, 0.6) is 5.75 Å². The smallest absolute Gasteiger partial charge is 0.410 e. The number of aryl methyl sites for hydroxylation is 2. The number of hydrogen-bond acceptors (Lipinski definition) is 3. The second-order valence-electron chi connectivity index (χ2n) is 6.79. The highest BCUT2D eigenvalue weighted by Crippen LogP contribution is 2.15. The van der Waals surface area contributed by atoms with E-state index >= 15 is 0 Å². The molecule has 4 nitrogen and oxygen atoms in total. The maximum atomic E-state index is 12.4. The average molecular weight is 338 g/mol. The monoisotopic (exact) mass is 338 g/mol. The zero-order valence-corrected chi connectivity index (χ0v) is 15.1. The van der Waals surface area contributed by atoms with E-state index in [1.54, 1.807) is 0 Å². The van der Waals surface area contributed by atoms with Gasteiger partial charge in [0.2, 0.25) is 0 Å². The summed E-state index contributed by atoms with van der Waals surface area (Å²) >= 11 is 0. The van der Waals surface area contributed by atoms with Crippen LogP contribution in [-0.4, -0.2) is 42.1 Å². The van der Waals surface area contributed by atoms with Crippen LogP contribution in [0.1, 0.15) is 23.1 Å². The fraction of sp³-hybridized carbons (Fsp3) is 0.381. The van der Waals surface area contributed by atoms with Gasteiger partial charge in [0, 0.05) is 32.7 Å². The van der Waals surface area contributed by atoms with E-state index in [4.69, 9.17) is 4.74 Å². The van der Waals surface area contributed by atoms with Crippen molar-refractivity contribution >= 4 is 6.09 Å². The Morgan fingerprint density at radius 1 is 0.960 bits per heavy atom. The standard InChI is InChI=1S/C21H26N2O2/c1-17-13-18(2)15-19(14-17)16-22-9-6-10-23(12-11-22)21(24)25-20-7-4-3-5-8-20/h3-5,7-8,13-15H,6,9-12,16H2,1-2H3. The third-order valence-electron chi connectivity index (χ3n) is 4.48. The van der Waals surface area contributed by atoms with E-state index in [0.29, 0.717) is 12.3 Å². The molecule has 0 spiro atoms. The van der Waals surface area contributed by atoms with Crippen molar-refractivity contribution in [2.75, 3.05) is 26.2 Å². The van der Waals surface area contributed by atoms with Crippen molar-refractivity contribution < 1.29 is 9.53 Å². The molecular formula is C21H26N2O2. The van der Waals surface area contributed by atoms with Crippen molar-refractivity contribution in [3.63, 3.8) is 0 Å². The van der Waals surface area contributed by atoms with Crippen LogP contribution in [0.15, 0.2) is 48.5 Å². The zero-order valence-electron chi connectivity index (χ0n) is 15.1. The van der Waals surface area contributed by atoms with Gasteiger partial charge < -0.3 is 9.64 Å². The zero-order chi connectivity index (χ0) is 17.6. The number of para-hydroxylation sites is 1. The molecule has 0 aromatic heterocycles. The maximum Gasteiger partial charge on any atom is 0.415 e. The molecule has 1 amide bonds. The summed E-state index contributed by atoms with van der Waals surface area (Å²) in [6.45, 7) is 8.54. The summed E-state index contributed by atoms with van der Waals surface area (Å²) in [6, 6.07) is 16.0. The summed E-state index contributed by atoms with van der Waals surface area (Å²) < 4.78 is 5.46. The van der Waals surface area contributed by atoms with Crippen molar-refractivity contribution in [3.05, 3.63) is 65.2 Å². The SMILES string of the molecule is Cc1cc(C)cc(CN2CCCN(C(=O)Oc3ccccc3)CC2)c1. The number of nitrogens with zero attached hydrogens (tertiary/aromatic N) is 2. The van der Waals surface area contributed by atoms with Gasteiger partial charge in [-0.05, 0) is 38.0 Å². The molecule has 132 valence electrons. The Labute approximate surface area is 150 Å². The van der Waals surface area contributed by atoms with E-state index in [1.807, 2.05) is 35.2 Å². The quantitative estimate of drug-likeness (QED) is 0.848. The van der Waals surface area contributed by atoms with Gasteiger partial charge >= 0.3 is 6.09 Å². The van der Waals surface area contributed by atoms with E-state index < -0.39 is 0 Å². The molecule has 2 aromatic carbocycles. The molecule has 1 aliphatic rings. The van der Waals surface area contributed by atoms with E-state index in [9.17, 15) is 4.79 Å². The van der Waals surface area contributed by atoms with Crippen LogP contribution in [0.4, 0.5) is 4.79 Å². The summed E-state index contributed by atoms with van der Waals surface area (Å²) in [4.78, 5) is 16.6. The normalized spacial score (nSPS) is 15.7. The molecule has 25 heavy (non-hydrogen) atoms. The average Bonchev–Trinajstić information content (AvgIpc) is 2.80. The number of benzene rings is 2. The van der Waals surface area contributed by atoms with Crippen molar-refractivity contribution in [1.82, 2.24) is 9.80 Å². The summed E-state index contributed by atoms with van der Waals surface area (Å²) in [5, 5.41) is 0. The van der Waals surface area contributed by atoms with Crippen molar-refractivity contribution in [1.29, 1.82) is 0 Å². The minimum atomic E-state index is -0.251. The summed E-state index contributed by atoms with van der Waals surface area (Å²) in [7, 11) is 0. The number of ether oxygens (including phenoxy) is 1. The first-order chi connectivity index (χ1) is 12.1. The molecule has 1 aliphatic heterocycles. The summed E-state index contributed by atoms with van der Waals surface area (Å²) in [6.07, 6.45) is 0.716. The lowest BCUT2D eigenvalue weighted by molar-refractivity contribution is 0.153. The minimum Gasteiger partial charge on any atom is -0.410 e.